The summed E-state index contributed by atoms with van der Waals surface area (Å²) in [4.78, 5) is 10.4. The molecule has 2 amide bonds. The second-order valence-corrected chi connectivity index (χ2v) is 5.52. The molecule has 3 N–H and O–H groups in total. The van der Waals surface area contributed by atoms with Crippen molar-refractivity contribution in [2.24, 2.45) is 5.73 Å². The molecular weight excluding hydrogens is 248 g/mol. The minimum absolute atomic E-state index is 0.414. The van der Waals surface area contributed by atoms with E-state index in [0.717, 1.165) is 6.42 Å². The van der Waals surface area contributed by atoms with Crippen LogP contribution in [0.15, 0.2) is 12.2 Å². The number of allylic oxidation sites excluding steroid dienone is 2. The maximum Gasteiger partial charge on any atom is 0.312 e. The van der Waals surface area contributed by atoms with E-state index in [1.807, 2.05) is 0 Å². The summed E-state index contributed by atoms with van der Waals surface area (Å²) >= 11 is 0. The van der Waals surface area contributed by atoms with E-state index in [2.05, 4.69) is 24.4 Å². The van der Waals surface area contributed by atoms with Gasteiger partial charge < -0.3 is 11.1 Å². The third-order valence-corrected chi connectivity index (χ3v) is 3.49. The van der Waals surface area contributed by atoms with Gasteiger partial charge in [0.1, 0.15) is 0 Å². The Bertz CT molecular complexity index is 239. The summed E-state index contributed by atoms with van der Waals surface area (Å²) < 4.78 is 0. The van der Waals surface area contributed by atoms with Crippen LogP contribution in [-0.2, 0) is 0 Å². The van der Waals surface area contributed by atoms with Crippen molar-refractivity contribution in [3.05, 3.63) is 12.2 Å². The highest BCUT2D eigenvalue weighted by molar-refractivity contribution is 5.71. The summed E-state index contributed by atoms with van der Waals surface area (Å²) in [5.74, 6) is 0. The van der Waals surface area contributed by atoms with Crippen LogP contribution in [0.25, 0.3) is 0 Å². The Hall–Kier alpha value is -0.990. The van der Waals surface area contributed by atoms with Crippen LogP contribution < -0.4 is 11.1 Å². The smallest absolute Gasteiger partial charge is 0.312 e. The fourth-order valence-corrected chi connectivity index (χ4v) is 2.23. The zero-order valence-electron chi connectivity index (χ0n) is 13.3. The number of carbonyl (C=O) groups is 1. The van der Waals surface area contributed by atoms with Gasteiger partial charge >= 0.3 is 6.03 Å². The molecule has 0 aliphatic carbocycles. The number of nitrogens with two attached hydrogens (primary N) is 1. The van der Waals surface area contributed by atoms with E-state index in [1.165, 1.54) is 70.6 Å². The average Bonchev–Trinajstić information content (AvgIpc) is 2.43. The van der Waals surface area contributed by atoms with Crippen molar-refractivity contribution in [2.75, 3.05) is 6.54 Å². The number of hydrogen-bond donors (Lipinski definition) is 2. The monoisotopic (exact) mass is 282 g/mol. The summed E-state index contributed by atoms with van der Waals surface area (Å²) in [6.07, 6.45) is 20.1. The lowest BCUT2D eigenvalue weighted by Crippen LogP contribution is -2.29. The number of carbonyl (C=O) groups excluding carboxylic acids is 1. The van der Waals surface area contributed by atoms with Gasteiger partial charge in [0.25, 0.3) is 0 Å². The first-order valence-electron chi connectivity index (χ1n) is 8.45. The largest absolute Gasteiger partial charge is 0.352 e. The molecule has 0 heterocycles. The van der Waals surface area contributed by atoms with Gasteiger partial charge in [0, 0.05) is 6.54 Å². The fourth-order valence-electron chi connectivity index (χ4n) is 2.23. The highest BCUT2D eigenvalue weighted by atomic mass is 16.2. The Kier molecular flexibility index (Phi) is 15.3. The van der Waals surface area contributed by atoms with Gasteiger partial charge in [0.2, 0.25) is 0 Å². The highest BCUT2D eigenvalue weighted by Crippen LogP contribution is 2.08. The number of unbranched alkanes of at least 4 members (excludes halogenated alkanes) is 10. The van der Waals surface area contributed by atoms with E-state index >= 15 is 0 Å². The molecule has 0 saturated carbocycles. The van der Waals surface area contributed by atoms with Crippen molar-refractivity contribution in [3.8, 4) is 0 Å². The molecule has 118 valence electrons. The summed E-state index contributed by atoms with van der Waals surface area (Å²) in [6.45, 7) is 2.97. The van der Waals surface area contributed by atoms with E-state index in [9.17, 15) is 4.79 Å². The van der Waals surface area contributed by atoms with Crippen LogP contribution in [0.5, 0.6) is 0 Å². The minimum atomic E-state index is -0.414. The number of amides is 2. The second kappa shape index (κ2) is 16.1. The Morgan fingerprint density at radius 2 is 1.35 bits per heavy atom. The highest BCUT2D eigenvalue weighted by Gasteiger charge is 1.92. The average molecular weight is 282 g/mol. The van der Waals surface area contributed by atoms with Crippen molar-refractivity contribution in [1.82, 2.24) is 5.32 Å². The van der Waals surface area contributed by atoms with E-state index in [-0.39, 0.29) is 0 Å². The SMILES string of the molecule is CCCCCCCC/C=C/CCCCCCNC(N)=O. The van der Waals surface area contributed by atoms with Gasteiger partial charge in [-0.25, -0.2) is 4.79 Å². The van der Waals surface area contributed by atoms with Crippen molar-refractivity contribution in [2.45, 2.75) is 84.0 Å². The summed E-state index contributed by atoms with van der Waals surface area (Å²) in [6, 6.07) is -0.414. The first kappa shape index (κ1) is 19.0. The second-order valence-electron chi connectivity index (χ2n) is 5.52. The van der Waals surface area contributed by atoms with Gasteiger partial charge in [-0.3, -0.25) is 0 Å². The van der Waals surface area contributed by atoms with Gasteiger partial charge in [0.15, 0.2) is 0 Å². The lowest BCUT2D eigenvalue weighted by Gasteiger charge is -2.01. The van der Waals surface area contributed by atoms with Crippen LogP contribution in [0, 0.1) is 0 Å². The molecule has 0 unspecified atom stereocenters. The van der Waals surface area contributed by atoms with Crippen LogP contribution >= 0.6 is 0 Å². The predicted molar refractivity (Wildman–Crippen MR) is 87.8 cm³/mol. The molecular formula is C17H34N2O. The molecule has 0 bridgehead atoms. The van der Waals surface area contributed by atoms with Crippen LogP contribution in [0.4, 0.5) is 4.79 Å². The topological polar surface area (TPSA) is 55.1 Å². The third kappa shape index (κ3) is 17.0. The maximum absolute atomic E-state index is 10.4. The molecule has 0 aliphatic rings. The van der Waals surface area contributed by atoms with E-state index in [1.54, 1.807) is 0 Å². The molecule has 0 radical (unpaired) electrons. The fraction of sp³-hybridized carbons (Fsp3) is 0.824. The zero-order valence-corrected chi connectivity index (χ0v) is 13.3. The minimum Gasteiger partial charge on any atom is -0.352 e. The number of hydrogen-bond acceptors (Lipinski definition) is 1. The Labute approximate surface area is 125 Å². The van der Waals surface area contributed by atoms with E-state index in [0.29, 0.717) is 6.54 Å². The van der Waals surface area contributed by atoms with Gasteiger partial charge in [-0.2, -0.15) is 0 Å². The Morgan fingerprint density at radius 3 is 1.90 bits per heavy atom. The molecule has 0 spiro atoms. The first-order chi connectivity index (χ1) is 9.77. The Balaban J connectivity index is 3.07. The van der Waals surface area contributed by atoms with Crippen molar-refractivity contribution in [3.63, 3.8) is 0 Å². The number of rotatable bonds is 14. The van der Waals surface area contributed by atoms with Gasteiger partial charge in [-0.05, 0) is 32.1 Å². The lowest BCUT2D eigenvalue weighted by atomic mass is 10.1. The molecule has 0 aromatic rings. The lowest BCUT2D eigenvalue weighted by molar-refractivity contribution is 0.248. The third-order valence-electron chi connectivity index (χ3n) is 3.49. The number of nitrogens with one attached hydrogen (secondary N) is 1. The molecule has 0 aromatic heterocycles. The molecule has 0 atom stereocenters. The first-order valence-corrected chi connectivity index (χ1v) is 8.45. The van der Waals surface area contributed by atoms with Crippen LogP contribution in [-0.4, -0.2) is 12.6 Å². The van der Waals surface area contributed by atoms with Gasteiger partial charge in [-0.15, -0.1) is 0 Å². The number of urea groups is 1. The van der Waals surface area contributed by atoms with Gasteiger partial charge in [0.05, 0.1) is 0 Å². The van der Waals surface area contributed by atoms with Crippen LogP contribution in [0.1, 0.15) is 84.0 Å². The summed E-state index contributed by atoms with van der Waals surface area (Å²) in [7, 11) is 0. The van der Waals surface area contributed by atoms with Crippen LogP contribution in [0.2, 0.25) is 0 Å². The zero-order chi connectivity index (χ0) is 14.9. The summed E-state index contributed by atoms with van der Waals surface area (Å²) in [5.41, 5.74) is 4.99. The molecule has 3 heteroatoms. The Morgan fingerprint density at radius 1 is 0.850 bits per heavy atom. The quantitative estimate of drug-likeness (QED) is 0.345. The van der Waals surface area contributed by atoms with Gasteiger partial charge in [-0.1, -0.05) is 64.0 Å². The number of primary amides is 1. The van der Waals surface area contributed by atoms with Crippen molar-refractivity contribution >= 4 is 6.03 Å². The maximum atomic E-state index is 10.4. The van der Waals surface area contributed by atoms with E-state index in [4.69, 9.17) is 5.73 Å². The molecule has 0 rings (SSSR count). The van der Waals surface area contributed by atoms with E-state index < -0.39 is 6.03 Å². The van der Waals surface area contributed by atoms with Crippen LogP contribution in [0.3, 0.4) is 0 Å². The molecule has 0 aliphatic heterocycles. The standard InChI is InChI=1S/C17H34N2O/c1-2-3-4-5-6-7-8-9-10-11-12-13-14-15-16-19-17(18)20/h9-10H,2-8,11-16H2,1H3,(H3,18,19,20)/b10-9+. The van der Waals surface area contributed by atoms with Crippen molar-refractivity contribution < 1.29 is 4.79 Å². The van der Waals surface area contributed by atoms with Crippen molar-refractivity contribution in [1.29, 1.82) is 0 Å². The molecule has 0 aromatic carbocycles. The normalized spacial score (nSPS) is 11.1. The molecule has 0 fully saturated rings. The molecule has 0 saturated heterocycles. The predicted octanol–water partition coefficient (Wildman–Crippen LogP) is 4.91. The summed E-state index contributed by atoms with van der Waals surface area (Å²) in [5, 5.41) is 2.61. The molecule has 3 nitrogen and oxygen atoms in total. The molecule has 20 heavy (non-hydrogen) atoms.